The molecule has 0 amide bonds. The fourth-order valence-electron chi connectivity index (χ4n) is 1.65. The lowest BCUT2D eigenvalue weighted by Gasteiger charge is -2.06. The molecule has 1 aromatic heterocycles. The second-order valence-electron chi connectivity index (χ2n) is 4.97. The molecule has 0 aliphatic rings. The van der Waals surface area contributed by atoms with E-state index in [0.717, 1.165) is 33.6 Å². The van der Waals surface area contributed by atoms with Gasteiger partial charge in [0, 0.05) is 23.0 Å². The summed E-state index contributed by atoms with van der Waals surface area (Å²) in [6, 6.07) is 6.14. The van der Waals surface area contributed by atoms with Crippen LogP contribution in [0, 0.1) is 6.92 Å². The molecule has 1 aromatic carbocycles. The van der Waals surface area contributed by atoms with Gasteiger partial charge in [-0.3, -0.25) is 0 Å². The molecule has 3 nitrogen and oxygen atoms in total. The van der Waals surface area contributed by atoms with Crippen LogP contribution in [0.3, 0.4) is 0 Å². The van der Waals surface area contributed by atoms with Gasteiger partial charge < -0.3 is 10.1 Å². The summed E-state index contributed by atoms with van der Waals surface area (Å²) >= 11 is 7.65. The molecule has 5 heteroatoms. The average Bonchev–Trinajstić information content (AvgIpc) is 2.86. The SMILES string of the molecule is Cc1cc(OCc2csc(CNC(C)C)n2)ccc1Cl. The van der Waals surface area contributed by atoms with Gasteiger partial charge in [0.25, 0.3) is 0 Å². The summed E-state index contributed by atoms with van der Waals surface area (Å²) in [5, 5.41) is 7.24. The lowest BCUT2D eigenvalue weighted by molar-refractivity contribution is 0.301. The standard InChI is InChI=1S/C15H19ClN2OS/c1-10(2)17-7-15-18-12(9-20-15)8-19-13-4-5-14(16)11(3)6-13/h4-6,9-10,17H,7-8H2,1-3H3. The molecule has 0 saturated carbocycles. The number of rotatable bonds is 6. The summed E-state index contributed by atoms with van der Waals surface area (Å²) in [5.74, 6) is 0.821. The smallest absolute Gasteiger partial charge is 0.131 e. The first-order chi connectivity index (χ1) is 9.54. The van der Waals surface area contributed by atoms with Gasteiger partial charge in [0.15, 0.2) is 0 Å². The molecular weight excluding hydrogens is 292 g/mol. The second kappa shape index (κ2) is 7.07. The highest BCUT2D eigenvalue weighted by molar-refractivity contribution is 7.09. The highest BCUT2D eigenvalue weighted by atomic mass is 35.5. The van der Waals surface area contributed by atoms with Crippen LogP contribution in [0.2, 0.25) is 5.02 Å². The highest BCUT2D eigenvalue weighted by Crippen LogP contribution is 2.22. The van der Waals surface area contributed by atoms with Crippen molar-refractivity contribution < 1.29 is 4.74 Å². The Morgan fingerprint density at radius 1 is 1.40 bits per heavy atom. The van der Waals surface area contributed by atoms with Gasteiger partial charge in [-0.15, -0.1) is 11.3 Å². The lowest BCUT2D eigenvalue weighted by Crippen LogP contribution is -2.21. The molecule has 0 fully saturated rings. The zero-order valence-corrected chi connectivity index (χ0v) is 13.5. The predicted molar refractivity (Wildman–Crippen MR) is 84.6 cm³/mol. The van der Waals surface area contributed by atoms with Crippen molar-refractivity contribution in [3.05, 3.63) is 44.9 Å². The first kappa shape index (κ1) is 15.3. The minimum absolute atomic E-state index is 0.468. The highest BCUT2D eigenvalue weighted by Gasteiger charge is 2.04. The third kappa shape index (κ3) is 4.47. The number of hydrogen-bond donors (Lipinski definition) is 1. The molecule has 1 N–H and O–H groups in total. The minimum atomic E-state index is 0.468. The van der Waals surface area contributed by atoms with E-state index in [0.29, 0.717) is 12.6 Å². The van der Waals surface area contributed by atoms with Crippen LogP contribution in [-0.4, -0.2) is 11.0 Å². The summed E-state index contributed by atoms with van der Waals surface area (Å²) < 4.78 is 5.73. The molecule has 2 rings (SSSR count). The Morgan fingerprint density at radius 2 is 2.20 bits per heavy atom. The van der Waals surface area contributed by atoms with Gasteiger partial charge in [-0.05, 0) is 30.7 Å². The van der Waals surface area contributed by atoms with Crippen LogP contribution < -0.4 is 10.1 Å². The van der Waals surface area contributed by atoms with Crippen molar-refractivity contribution in [2.24, 2.45) is 0 Å². The summed E-state index contributed by atoms with van der Waals surface area (Å²) in [6.45, 7) is 7.51. The van der Waals surface area contributed by atoms with E-state index in [4.69, 9.17) is 16.3 Å². The number of thiazole rings is 1. The van der Waals surface area contributed by atoms with Crippen molar-refractivity contribution in [2.45, 2.75) is 40.0 Å². The number of hydrogen-bond acceptors (Lipinski definition) is 4. The zero-order valence-electron chi connectivity index (χ0n) is 11.9. The summed E-state index contributed by atoms with van der Waals surface area (Å²) in [5.41, 5.74) is 1.98. The van der Waals surface area contributed by atoms with Crippen molar-refractivity contribution in [3.63, 3.8) is 0 Å². The van der Waals surface area contributed by atoms with Gasteiger partial charge in [0.1, 0.15) is 17.4 Å². The third-order valence-corrected chi connectivity index (χ3v) is 4.10. The molecule has 0 radical (unpaired) electrons. The largest absolute Gasteiger partial charge is 0.487 e. The summed E-state index contributed by atoms with van der Waals surface area (Å²) in [7, 11) is 0. The third-order valence-electron chi connectivity index (χ3n) is 2.78. The topological polar surface area (TPSA) is 34.1 Å². The van der Waals surface area contributed by atoms with Crippen LogP contribution in [0.5, 0.6) is 5.75 Å². The van der Waals surface area contributed by atoms with E-state index >= 15 is 0 Å². The lowest BCUT2D eigenvalue weighted by atomic mass is 10.2. The monoisotopic (exact) mass is 310 g/mol. The molecule has 0 aliphatic carbocycles. The number of halogens is 1. The van der Waals surface area contributed by atoms with E-state index < -0.39 is 0 Å². The molecule has 0 atom stereocenters. The fraction of sp³-hybridized carbons (Fsp3) is 0.400. The summed E-state index contributed by atoms with van der Waals surface area (Å²) in [4.78, 5) is 4.54. The maximum absolute atomic E-state index is 5.99. The molecule has 0 saturated heterocycles. The number of ether oxygens (including phenoxy) is 1. The Kier molecular flexibility index (Phi) is 5.40. The first-order valence-corrected chi connectivity index (χ1v) is 7.86. The van der Waals surface area contributed by atoms with Crippen molar-refractivity contribution >= 4 is 22.9 Å². The van der Waals surface area contributed by atoms with Crippen LogP contribution in [0.15, 0.2) is 23.6 Å². The Labute approximate surface area is 129 Å². The Bertz CT molecular complexity index is 569. The van der Waals surface area contributed by atoms with Crippen LogP contribution in [0.4, 0.5) is 0 Å². The van der Waals surface area contributed by atoms with Gasteiger partial charge >= 0.3 is 0 Å². The van der Waals surface area contributed by atoms with Crippen molar-refractivity contribution in [3.8, 4) is 5.75 Å². The van der Waals surface area contributed by atoms with E-state index in [1.807, 2.05) is 30.5 Å². The molecule has 2 aromatic rings. The van der Waals surface area contributed by atoms with E-state index in [1.165, 1.54) is 0 Å². The van der Waals surface area contributed by atoms with Crippen LogP contribution >= 0.6 is 22.9 Å². The fourth-order valence-corrected chi connectivity index (χ4v) is 2.50. The van der Waals surface area contributed by atoms with Gasteiger partial charge in [-0.1, -0.05) is 25.4 Å². The predicted octanol–water partition coefficient (Wildman–Crippen LogP) is 4.18. The Balaban J connectivity index is 1.89. The van der Waals surface area contributed by atoms with E-state index in [1.54, 1.807) is 11.3 Å². The molecule has 0 unspecified atom stereocenters. The number of aryl methyl sites for hydroxylation is 1. The van der Waals surface area contributed by atoms with E-state index in [-0.39, 0.29) is 0 Å². The normalized spacial score (nSPS) is 11.1. The van der Waals surface area contributed by atoms with Gasteiger partial charge in [0.05, 0.1) is 5.69 Å². The van der Waals surface area contributed by atoms with Crippen molar-refractivity contribution in [1.82, 2.24) is 10.3 Å². The van der Waals surface area contributed by atoms with Gasteiger partial charge in [0.2, 0.25) is 0 Å². The van der Waals surface area contributed by atoms with Crippen LogP contribution in [-0.2, 0) is 13.2 Å². The zero-order chi connectivity index (χ0) is 14.5. The number of benzene rings is 1. The van der Waals surface area contributed by atoms with Gasteiger partial charge in [-0.25, -0.2) is 4.98 Å². The van der Waals surface area contributed by atoms with Crippen LogP contribution in [0.25, 0.3) is 0 Å². The van der Waals surface area contributed by atoms with Crippen LogP contribution in [0.1, 0.15) is 30.1 Å². The first-order valence-electron chi connectivity index (χ1n) is 6.60. The van der Waals surface area contributed by atoms with Crippen molar-refractivity contribution in [2.75, 3.05) is 0 Å². The summed E-state index contributed by atoms with van der Waals surface area (Å²) in [6.07, 6.45) is 0. The Hall–Kier alpha value is -1.10. The molecule has 20 heavy (non-hydrogen) atoms. The second-order valence-corrected chi connectivity index (χ2v) is 6.32. The quantitative estimate of drug-likeness (QED) is 0.869. The number of aromatic nitrogens is 1. The molecule has 108 valence electrons. The van der Waals surface area contributed by atoms with Gasteiger partial charge in [-0.2, -0.15) is 0 Å². The van der Waals surface area contributed by atoms with E-state index in [2.05, 4.69) is 24.1 Å². The molecule has 0 aliphatic heterocycles. The van der Waals surface area contributed by atoms with Crippen molar-refractivity contribution in [1.29, 1.82) is 0 Å². The average molecular weight is 311 g/mol. The minimum Gasteiger partial charge on any atom is -0.487 e. The molecule has 1 heterocycles. The van der Waals surface area contributed by atoms with E-state index in [9.17, 15) is 0 Å². The number of nitrogens with zero attached hydrogens (tertiary/aromatic N) is 1. The molecule has 0 spiro atoms. The maximum Gasteiger partial charge on any atom is 0.131 e. The maximum atomic E-state index is 5.99. The Morgan fingerprint density at radius 3 is 2.90 bits per heavy atom. The number of nitrogens with one attached hydrogen (secondary N) is 1. The molecule has 0 bridgehead atoms. The molecular formula is C15H19ClN2OS.